The molecule has 1 atom stereocenters. The van der Waals surface area contributed by atoms with Crippen LogP contribution < -0.4 is 9.64 Å². The zero-order valence-corrected chi connectivity index (χ0v) is 15.6. The molecule has 3 aromatic rings. The average Bonchev–Trinajstić information content (AvgIpc) is 3.35. The largest absolute Gasteiger partial charge is 0.481 e. The van der Waals surface area contributed by atoms with Gasteiger partial charge in [0, 0.05) is 25.1 Å². The van der Waals surface area contributed by atoms with Crippen LogP contribution in [-0.4, -0.2) is 51.4 Å². The van der Waals surface area contributed by atoms with Crippen molar-refractivity contribution in [2.24, 2.45) is 0 Å². The molecule has 27 heavy (non-hydrogen) atoms. The third-order valence-corrected chi connectivity index (χ3v) is 5.46. The van der Waals surface area contributed by atoms with Crippen molar-refractivity contribution in [1.82, 2.24) is 24.6 Å². The monoisotopic (exact) mass is 366 g/mol. The number of fused-ring (bicyclic) bond motifs is 2. The van der Waals surface area contributed by atoms with Crippen molar-refractivity contribution in [1.29, 1.82) is 0 Å². The normalized spacial score (nSPS) is 19.5. The van der Waals surface area contributed by atoms with Crippen LogP contribution in [0.2, 0.25) is 0 Å². The number of hydrogen-bond acceptors (Lipinski definition) is 7. The van der Waals surface area contributed by atoms with E-state index in [-0.39, 0.29) is 0 Å². The molecule has 0 aromatic carbocycles. The van der Waals surface area contributed by atoms with Gasteiger partial charge in [-0.25, -0.2) is 19.5 Å². The molecule has 140 valence electrons. The Labute approximate surface area is 157 Å². The van der Waals surface area contributed by atoms with E-state index in [1.165, 1.54) is 5.56 Å². The number of aryl methyl sites for hydroxylation is 1. The minimum Gasteiger partial charge on any atom is -0.481 e. The Balaban J connectivity index is 1.58. The molecule has 0 amide bonds. The van der Waals surface area contributed by atoms with Gasteiger partial charge in [0.15, 0.2) is 5.82 Å². The number of aromatic nitrogens is 5. The van der Waals surface area contributed by atoms with Crippen LogP contribution in [-0.2, 0) is 17.7 Å². The first-order valence-electron chi connectivity index (χ1n) is 9.30. The van der Waals surface area contributed by atoms with Gasteiger partial charge in [-0.05, 0) is 25.3 Å². The highest BCUT2D eigenvalue weighted by Gasteiger charge is 2.29. The summed E-state index contributed by atoms with van der Waals surface area (Å²) >= 11 is 0. The summed E-state index contributed by atoms with van der Waals surface area (Å²) < 4.78 is 12.8. The average molecular weight is 366 g/mol. The lowest BCUT2D eigenvalue weighted by atomic mass is 10.0. The molecule has 8 nitrogen and oxygen atoms in total. The van der Waals surface area contributed by atoms with Crippen molar-refractivity contribution in [2.75, 3.05) is 31.8 Å². The van der Waals surface area contributed by atoms with Crippen molar-refractivity contribution in [3.63, 3.8) is 0 Å². The summed E-state index contributed by atoms with van der Waals surface area (Å²) in [6.45, 7) is 5.07. The van der Waals surface area contributed by atoms with Crippen molar-refractivity contribution < 1.29 is 9.47 Å². The van der Waals surface area contributed by atoms with Gasteiger partial charge >= 0.3 is 0 Å². The second-order valence-electron chi connectivity index (χ2n) is 7.08. The van der Waals surface area contributed by atoms with Crippen LogP contribution in [0.25, 0.3) is 5.52 Å². The maximum atomic E-state index is 5.60. The SMILES string of the molecule is COc1ccc2c(n1)CN(c1ncnn3c(C)nc([C@@H]4CCOC4)c13)CC2. The maximum absolute atomic E-state index is 5.60. The second kappa shape index (κ2) is 6.45. The van der Waals surface area contributed by atoms with E-state index in [9.17, 15) is 0 Å². The summed E-state index contributed by atoms with van der Waals surface area (Å²) in [7, 11) is 1.65. The topological polar surface area (TPSA) is 77.7 Å². The van der Waals surface area contributed by atoms with E-state index in [2.05, 4.69) is 26.0 Å². The Hall–Kier alpha value is -2.74. The van der Waals surface area contributed by atoms with E-state index >= 15 is 0 Å². The van der Waals surface area contributed by atoms with Crippen LogP contribution in [0.3, 0.4) is 0 Å². The van der Waals surface area contributed by atoms with Crippen molar-refractivity contribution in [3.8, 4) is 5.88 Å². The Morgan fingerprint density at radius 1 is 1.26 bits per heavy atom. The smallest absolute Gasteiger partial charge is 0.213 e. The fourth-order valence-corrected chi connectivity index (χ4v) is 4.04. The van der Waals surface area contributed by atoms with E-state index in [4.69, 9.17) is 14.5 Å². The van der Waals surface area contributed by atoms with Crippen LogP contribution >= 0.6 is 0 Å². The minimum absolute atomic E-state index is 0.300. The molecule has 2 aliphatic rings. The number of hydrogen-bond donors (Lipinski definition) is 0. The molecule has 5 rings (SSSR count). The van der Waals surface area contributed by atoms with Crippen LogP contribution in [0.4, 0.5) is 5.82 Å². The van der Waals surface area contributed by atoms with Crippen LogP contribution in [0.5, 0.6) is 5.88 Å². The fourth-order valence-electron chi connectivity index (χ4n) is 4.04. The lowest BCUT2D eigenvalue weighted by molar-refractivity contribution is 0.193. The van der Waals surface area contributed by atoms with Crippen LogP contribution in [0.15, 0.2) is 18.5 Å². The van der Waals surface area contributed by atoms with Gasteiger partial charge < -0.3 is 14.4 Å². The number of nitrogens with zero attached hydrogens (tertiary/aromatic N) is 6. The standard InChI is InChI=1S/C19H22N6O2/c1-12-22-17(14-6-8-27-10-14)18-19(20-11-21-25(12)18)24-7-5-13-3-4-16(26-2)23-15(13)9-24/h3-4,11,14H,5-10H2,1-2H3/t14-/m1/s1. The summed E-state index contributed by atoms with van der Waals surface area (Å²) in [6, 6.07) is 4.04. The molecule has 0 unspecified atom stereocenters. The minimum atomic E-state index is 0.300. The summed E-state index contributed by atoms with van der Waals surface area (Å²) in [6.07, 6.45) is 3.53. The highest BCUT2D eigenvalue weighted by Crippen LogP contribution is 2.34. The van der Waals surface area contributed by atoms with Gasteiger partial charge in [0.1, 0.15) is 17.7 Å². The summed E-state index contributed by atoms with van der Waals surface area (Å²) in [4.78, 5) is 16.4. The zero-order chi connectivity index (χ0) is 18.4. The highest BCUT2D eigenvalue weighted by molar-refractivity contribution is 5.73. The summed E-state index contributed by atoms with van der Waals surface area (Å²) in [5, 5.41) is 4.44. The number of pyridine rings is 1. The lowest BCUT2D eigenvalue weighted by Crippen LogP contribution is -2.32. The van der Waals surface area contributed by atoms with E-state index in [1.54, 1.807) is 13.4 Å². The number of rotatable bonds is 3. The molecule has 0 spiro atoms. The third kappa shape index (κ3) is 2.71. The van der Waals surface area contributed by atoms with E-state index in [0.717, 1.165) is 54.5 Å². The van der Waals surface area contributed by atoms with E-state index in [1.807, 2.05) is 17.5 Å². The third-order valence-electron chi connectivity index (χ3n) is 5.46. The van der Waals surface area contributed by atoms with Crippen molar-refractivity contribution >= 4 is 11.3 Å². The van der Waals surface area contributed by atoms with Gasteiger partial charge in [-0.3, -0.25) is 0 Å². The first kappa shape index (κ1) is 16.4. The van der Waals surface area contributed by atoms with Gasteiger partial charge in [-0.2, -0.15) is 5.10 Å². The molecule has 8 heteroatoms. The quantitative estimate of drug-likeness (QED) is 0.700. The Morgan fingerprint density at radius 2 is 2.19 bits per heavy atom. The van der Waals surface area contributed by atoms with Gasteiger partial charge in [0.25, 0.3) is 0 Å². The molecule has 0 radical (unpaired) electrons. The van der Waals surface area contributed by atoms with Crippen LogP contribution in [0, 0.1) is 6.92 Å². The van der Waals surface area contributed by atoms with E-state index in [0.29, 0.717) is 24.9 Å². The van der Waals surface area contributed by atoms with Crippen LogP contribution in [0.1, 0.15) is 35.1 Å². The summed E-state index contributed by atoms with van der Waals surface area (Å²) in [5.74, 6) is 2.75. The molecular weight excluding hydrogens is 344 g/mol. The molecule has 0 N–H and O–H groups in total. The lowest BCUT2D eigenvalue weighted by Gasteiger charge is -2.29. The molecule has 2 aliphatic heterocycles. The van der Waals surface area contributed by atoms with Gasteiger partial charge in [-0.15, -0.1) is 0 Å². The number of methoxy groups -OCH3 is 1. The van der Waals surface area contributed by atoms with Gasteiger partial charge in [-0.1, -0.05) is 6.07 Å². The maximum Gasteiger partial charge on any atom is 0.213 e. The fraction of sp³-hybridized carbons (Fsp3) is 0.474. The molecule has 3 aromatic heterocycles. The van der Waals surface area contributed by atoms with Gasteiger partial charge in [0.2, 0.25) is 5.88 Å². The number of imidazole rings is 1. The summed E-state index contributed by atoms with van der Waals surface area (Å²) in [5.41, 5.74) is 4.35. The second-order valence-corrected chi connectivity index (χ2v) is 7.08. The molecule has 0 bridgehead atoms. The Morgan fingerprint density at radius 3 is 3.00 bits per heavy atom. The molecule has 1 fully saturated rings. The first-order valence-corrected chi connectivity index (χ1v) is 9.30. The number of anilines is 1. The molecule has 0 saturated carbocycles. The Kier molecular flexibility index (Phi) is 3.93. The van der Waals surface area contributed by atoms with Crippen molar-refractivity contribution in [3.05, 3.63) is 41.2 Å². The molecular formula is C19H22N6O2. The highest BCUT2D eigenvalue weighted by atomic mass is 16.5. The predicted octanol–water partition coefficient (Wildman–Crippen LogP) is 1.90. The number of ether oxygens (including phenoxy) is 2. The molecule has 0 aliphatic carbocycles. The predicted molar refractivity (Wildman–Crippen MR) is 99.2 cm³/mol. The zero-order valence-electron chi connectivity index (χ0n) is 15.6. The first-order chi connectivity index (χ1) is 13.2. The van der Waals surface area contributed by atoms with Gasteiger partial charge in [0.05, 0.1) is 31.6 Å². The van der Waals surface area contributed by atoms with Crippen molar-refractivity contribution in [2.45, 2.75) is 32.2 Å². The van der Waals surface area contributed by atoms with E-state index < -0.39 is 0 Å². The Bertz CT molecular complexity index is 995. The molecule has 5 heterocycles. The molecule has 1 saturated heterocycles.